The van der Waals surface area contributed by atoms with Crippen LogP contribution in [0.5, 0.6) is 0 Å². The molecule has 84 valence electrons. The molecule has 0 bridgehead atoms. The minimum atomic E-state index is 0.698. The Balaban J connectivity index is 2.43. The molecule has 0 heterocycles. The SMILES string of the molecule is CCC(CCC(C)C)C1(C)CCCC1. The van der Waals surface area contributed by atoms with Crippen LogP contribution in [0, 0.1) is 17.3 Å². The van der Waals surface area contributed by atoms with Crippen LogP contribution in [0.15, 0.2) is 0 Å². The maximum absolute atomic E-state index is 2.54. The molecule has 0 saturated heterocycles. The van der Waals surface area contributed by atoms with Crippen LogP contribution in [0.2, 0.25) is 0 Å². The summed E-state index contributed by atoms with van der Waals surface area (Å²) in [6.45, 7) is 9.62. The van der Waals surface area contributed by atoms with Gasteiger partial charge in [-0.1, -0.05) is 53.4 Å². The molecule has 1 aliphatic carbocycles. The van der Waals surface area contributed by atoms with Gasteiger partial charge in [0.15, 0.2) is 0 Å². The van der Waals surface area contributed by atoms with E-state index in [9.17, 15) is 0 Å². The van der Waals surface area contributed by atoms with Gasteiger partial charge in [-0.25, -0.2) is 0 Å². The lowest BCUT2D eigenvalue weighted by Crippen LogP contribution is -2.24. The second-order valence-electron chi connectivity index (χ2n) is 5.94. The van der Waals surface area contributed by atoms with E-state index in [4.69, 9.17) is 0 Å². The first-order chi connectivity index (χ1) is 6.58. The average Bonchev–Trinajstić information content (AvgIpc) is 2.53. The summed E-state index contributed by atoms with van der Waals surface area (Å²) in [5.41, 5.74) is 0.698. The Kier molecular flexibility index (Phi) is 4.47. The van der Waals surface area contributed by atoms with Gasteiger partial charge in [0.05, 0.1) is 0 Å². The molecule has 0 aromatic heterocycles. The number of hydrogen-bond donors (Lipinski definition) is 0. The lowest BCUT2D eigenvalue weighted by atomic mass is 9.71. The van der Waals surface area contributed by atoms with Crippen molar-refractivity contribution in [2.24, 2.45) is 17.3 Å². The highest BCUT2D eigenvalue weighted by atomic mass is 14.4. The summed E-state index contributed by atoms with van der Waals surface area (Å²) in [6.07, 6.45) is 10.2. The van der Waals surface area contributed by atoms with E-state index in [1.54, 1.807) is 0 Å². The van der Waals surface area contributed by atoms with E-state index in [0.29, 0.717) is 5.41 Å². The van der Waals surface area contributed by atoms with E-state index in [1.807, 2.05) is 0 Å². The van der Waals surface area contributed by atoms with Crippen LogP contribution in [-0.2, 0) is 0 Å². The van der Waals surface area contributed by atoms with Crippen molar-refractivity contribution in [1.29, 1.82) is 0 Å². The highest BCUT2D eigenvalue weighted by Gasteiger charge is 2.35. The predicted octanol–water partition coefficient (Wildman–Crippen LogP) is 5.03. The van der Waals surface area contributed by atoms with Gasteiger partial charge in [-0.05, 0) is 36.5 Å². The highest BCUT2D eigenvalue weighted by molar-refractivity contribution is 4.86. The molecule has 1 fully saturated rings. The van der Waals surface area contributed by atoms with E-state index >= 15 is 0 Å². The summed E-state index contributed by atoms with van der Waals surface area (Å²) in [5.74, 6) is 1.88. The Labute approximate surface area is 90.5 Å². The minimum Gasteiger partial charge on any atom is -0.0651 e. The molecular weight excluding hydrogens is 168 g/mol. The van der Waals surface area contributed by atoms with Crippen LogP contribution in [-0.4, -0.2) is 0 Å². The molecule has 0 N–H and O–H groups in total. The molecule has 0 amide bonds. The molecule has 0 spiro atoms. The molecule has 0 heteroatoms. The standard InChI is InChI=1S/C14H28/c1-5-13(9-8-12(2)3)14(4)10-6-7-11-14/h12-13H,5-11H2,1-4H3. The van der Waals surface area contributed by atoms with Gasteiger partial charge < -0.3 is 0 Å². The third kappa shape index (κ3) is 3.00. The predicted molar refractivity (Wildman–Crippen MR) is 64.4 cm³/mol. The molecule has 0 aromatic rings. The zero-order valence-electron chi connectivity index (χ0n) is 10.6. The van der Waals surface area contributed by atoms with E-state index in [2.05, 4.69) is 27.7 Å². The van der Waals surface area contributed by atoms with Gasteiger partial charge in [0.2, 0.25) is 0 Å². The summed E-state index contributed by atoms with van der Waals surface area (Å²) >= 11 is 0. The van der Waals surface area contributed by atoms with E-state index < -0.39 is 0 Å². The van der Waals surface area contributed by atoms with Crippen molar-refractivity contribution in [3.63, 3.8) is 0 Å². The first-order valence-electron chi connectivity index (χ1n) is 6.58. The normalized spacial score (nSPS) is 22.9. The fourth-order valence-corrected chi connectivity index (χ4v) is 3.17. The van der Waals surface area contributed by atoms with Gasteiger partial charge in [0, 0.05) is 0 Å². The molecule has 14 heavy (non-hydrogen) atoms. The molecule has 0 nitrogen and oxygen atoms in total. The quantitative estimate of drug-likeness (QED) is 0.578. The van der Waals surface area contributed by atoms with Gasteiger partial charge in [-0.15, -0.1) is 0 Å². The highest BCUT2D eigenvalue weighted by Crippen LogP contribution is 2.47. The van der Waals surface area contributed by atoms with Crippen molar-refractivity contribution in [2.75, 3.05) is 0 Å². The smallest absolute Gasteiger partial charge is 0.0298 e. The third-order valence-electron chi connectivity index (χ3n) is 4.32. The largest absolute Gasteiger partial charge is 0.0651 e. The minimum absolute atomic E-state index is 0.698. The van der Waals surface area contributed by atoms with Crippen LogP contribution in [0.3, 0.4) is 0 Å². The first kappa shape index (κ1) is 12.1. The first-order valence-corrected chi connectivity index (χ1v) is 6.58. The van der Waals surface area contributed by atoms with Crippen LogP contribution in [0.4, 0.5) is 0 Å². The Morgan fingerprint density at radius 1 is 1.07 bits per heavy atom. The topological polar surface area (TPSA) is 0 Å². The van der Waals surface area contributed by atoms with Crippen molar-refractivity contribution < 1.29 is 0 Å². The molecule has 1 aliphatic rings. The number of rotatable bonds is 5. The summed E-state index contributed by atoms with van der Waals surface area (Å²) in [7, 11) is 0. The maximum atomic E-state index is 2.54. The van der Waals surface area contributed by atoms with Crippen molar-refractivity contribution in [1.82, 2.24) is 0 Å². The lowest BCUT2D eigenvalue weighted by Gasteiger charge is -2.34. The van der Waals surface area contributed by atoms with Crippen LogP contribution in [0.1, 0.15) is 72.6 Å². The molecule has 1 saturated carbocycles. The Hall–Kier alpha value is 0. The van der Waals surface area contributed by atoms with Crippen LogP contribution in [0.25, 0.3) is 0 Å². The molecule has 0 radical (unpaired) electrons. The summed E-state index contributed by atoms with van der Waals surface area (Å²) < 4.78 is 0. The number of hydrogen-bond acceptors (Lipinski definition) is 0. The molecule has 0 aliphatic heterocycles. The summed E-state index contributed by atoms with van der Waals surface area (Å²) in [4.78, 5) is 0. The van der Waals surface area contributed by atoms with Gasteiger partial charge in [0.25, 0.3) is 0 Å². The maximum Gasteiger partial charge on any atom is -0.0298 e. The van der Waals surface area contributed by atoms with Gasteiger partial charge >= 0.3 is 0 Å². The summed E-state index contributed by atoms with van der Waals surface area (Å²) in [6, 6.07) is 0. The summed E-state index contributed by atoms with van der Waals surface area (Å²) in [5, 5.41) is 0. The second-order valence-corrected chi connectivity index (χ2v) is 5.94. The third-order valence-corrected chi connectivity index (χ3v) is 4.32. The monoisotopic (exact) mass is 196 g/mol. The van der Waals surface area contributed by atoms with Crippen LogP contribution >= 0.6 is 0 Å². The van der Waals surface area contributed by atoms with Crippen molar-refractivity contribution in [2.45, 2.75) is 72.6 Å². The van der Waals surface area contributed by atoms with Crippen molar-refractivity contribution >= 4 is 0 Å². The van der Waals surface area contributed by atoms with Crippen molar-refractivity contribution in [3.05, 3.63) is 0 Å². The lowest BCUT2D eigenvalue weighted by molar-refractivity contribution is 0.167. The zero-order chi connectivity index (χ0) is 10.6. The Morgan fingerprint density at radius 2 is 1.64 bits per heavy atom. The van der Waals surface area contributed by atoms with Gasteiger partial charge in [-0.2, -0.15) is 0 Å². The van der Waals surface area contributed by atoms with E-state index in [-0.39, 0.29) is 0 Å². The molecular formula is C14H28. The molecule has 0 aromatic carbocycles. The van der Waals surface area contributed by atoms with Crippen molar-refractivity contribution in [3.8, 4) is 0 Å². The van der Waals surface area contributed by atoms with Gasteiger partial charge in [-0.3, -0.25) is 0 Å². The second kappa shape index (κ2) is 5.19. The van der Waals surface area contributed by atoms with E-state index in [1.165, 1.54) is 44.9 Å². The average molecular weight is 196 g/mol. The molecule has 1 rings (SSSR count). The van der Waals surface area contributed by atoms with Crippen LogP contribution < -0.4 is 0 Å². The Bertz CT molecular complexity index is 151. The van der Waals surface area contributed by atoms with Gasteiger partial charge in [0.1, 0.15) is 0 Å². The fourth-order valence-electron chi connectivity index (χ4n) is 3.17. The fraction of sp³-hybridized carbons (Fsp3) is 1.00. The Morgan fingerprint density at radius 3 is 2.07 bits per heavy atom. The molecule has 1 atom stereocenters. The zero-order valence-corrected chi connectivity index (χ0v) is 10.6. The van der Waals surface area contributed by atoms with E-state index in [0.717, 1.165) is 11.8 Å². The molecule has 1 unspecified atom stereocenters.